The van der Waals surface area contributed by atoms with Gasteiger partial charge in [0, 0.05) is 18.2 Å². The first-order chi connectivity index (χ1) is 10.1. The van der Waals surface area contributed by atoms with Crippen LogP contribution in [0.4, 0.5) is 18.0 Å². The van der Waals surface area contributed by atoms with Crippen molar-refractivity contribution >= 4 is 6.16 Å². The largest absolute Gasteiger partial charge is 0.506 e. The zero-order valence-electron chi connectivity index (χ0n) is 12.7. The monoisotopic (exact) mass is 319 g/mol. The minimum absolute atomic E-state index is 0.209. The molecule has 1 heterocycles. The number of halogens is 3. The van der Waals surface area contributed by atoms with E-state index in [1.807, 2.05) is 0 Å². The van der Waals surface area contributed by atoms with Crippen molar-refractivity contribution in [2.75, 3.05) is 6.54 Å². The lowest BCUT2D eigenvalue weighted by Crippen LogP contribution is -2.22. The van der Waals surface area contributed by atoms with Crippen LogP contribution in [0.3, 0.4) is 0 Å². The van der Waals surface area contributed by atoms with Crippen molar-refractivity contribution in [1.82, 2.24) is 5.32 Å². The summed E-state index contributed by atoms with van der Waals surface area (Å²) in [6.45, 7) is 5.25. The van der Waals surface area contributed by atoms with Crippen molar-refractivity contribution in [2.24, 2.45) is 0 Å². The zero-order chi connectivity index (χ0) is 16.9. The number of carboxylic acid groups (broad SMARTS) is 1. The van der Waals surface area contributed by atoms with E-state index in [4.69, 9.17) is 5.11 Å². The predicted octanol–water partition coefficient (Wildman–Crippen LogP) is 3.82. The summed E-state index contributed by atoms with van der Waals surface area (Å²) < 4.78 is 43.2. The lowest BCUT2D eigenvalue weighted by atomic mass is 10.0. The smallest absolute Gasteiger partial charge is 0.450 e. The van der Waals surface area contributed by atoms with Crippen molar-refractivity contribution < 1.29 is 27.8 Å². The van der Waals surface area contributed by atoms with E-state index < -0.39 is 35.6 Å². The fourth-order valence-electron chi connectivity index (χ4n) is 1.97. The molecule has 1 aromatic carbocycles. The summed E-state index contributed by atoms with van der Waals surface area (Å²) in [4.78, 5) is 9.79. The Kier molecular flexibility index (Phi) is 6.22. The third-order valence-corrected chi connectivity index (χ3v) is 2.80. The molecule has 0 unspecified atom stereocenters. The van der Waals surface area contributed by atoms with E-state index in [1.54, 1.807) is 20.8 Å². The Morgan fingerprint density at radius 3 is 2.41 bits per heavy atom. The number of rotatable bonds is 1. The van der Waals surface area contributed by atoms with Gasteiger partial charge < -0.3 is 15.2 Å². The molecule has 0 saturated carbocycles. The van der Waals surface area contributed by atoms with Gasteiger partial charge >= 0.3 is 6.16 Å². The average molecular weight is 319 g/mol. The molecule has 1 fully saturated rings. The molecular formula is C15H20F3NO3. The van der Waals surface area contributed by atoms with Crippen molar-refractivity contribution in [3.63, 3.8) is 0 Å². The van der Waals surface area contributed by atoms with E-state index >= 15 is 0 Å². The number of benzene rings is 1. The number of ether oxygens (including phenoxy) is 1. The molecule has 0 bridgehead atoms. The second-order valence-corrected chi connectivity index (χ2v) is 5.94. The maximum absolute atomic E-state index is 13.2. The summed E-state index contributed by atoms with van der Waals surface area (Å²) in [5.74, 6) is -0.983. The van der Waals surface area contributed by atoms with Crippen LogP contribution in [-0.4, -0.2) is 29.6 Å². The summed E-state index contributed by atoms with van der Waals surface area (Å²) in [6.07, 6.45) is -1.99. The van der Waals surface area contributed by atoms with E-state index in [-0.39, 0.29) is 18.5 Å². The third kappa shape index (κ3) is 6.34. The van der Waals surface area contributed by atoms with Crippen molar-refractivity contribution in [1.29, 1.82) is 0 Å². The Morgan fingerprint density at radius 2 is 2.00 bits per heavy atom. The van der Waals surface area contributed by atoms with E-state index in [9.17, 15) is 18.0 Å². The van der Waals surface area contributed by atoms with Gasteiger partial charge in [-0.2, -0.15) is 0 Å². The predicted molar refractivity (Wildman–Crippen MR) is 75.5 cm³/mol. The minimum atomic E-state index is -1.22. The maximum atomic E-state index is 13.2. The highest BCUT2D eigenvalue weighted by molar-refractivity contribution is 5.57. The molecular weight excluding hydrogens is 299 g/mol. The summed E-state index contributed by atoms with van der Waals surface area (Å²) in [6, 6.07) is 2.84. The molecule has 7 heteroatoms. The van der Waals surface area contributed by atoms with E-state index in [0.29, 0.717) is 0 Å². The Hall–Kier alpha value is -1.76. The standard InChI is InChI=1S/C10H10F3N.C5H10O3/c11-6-1-2-9(13)8(3-6)10-4-7(12)5-14-10;1-5(2,3)8-4(6)7/h1-3,7,10,14H,4-5H2;1-3H3,(H,6,7)/t7-,10-;/m0./s1. The van der Waals surface area contributed by atoms with Crippen LogP contribution < -0.4 is 5.32 Å². The Bertz CT molecular complexity index is 517. The second kappa shape index (κ2) is 7.49. The first-order valence-electron chi connectivity index (χ1n) is 6.83. The van der Waals surface area contributed by atoms with Gasteiger partial charge in [0.25, 0.3) is 0 Å². The van der Waals surface area contributed by atoms with Gasteiger partial charge in [-0.3, -0.25) is 0 Å². The van der Waals surface area contributed by atoms with E-state index in [1.165, 1.54) is 0 Å². The molecule has 0 spiro atoms. The molecule has 1 saturated heterocycles. The normalized spacial score (nSPS) is 21.0. The van der Waals surface area contributed by atoms with Crippen molar-refractivity contribution in [3.8, 4) is 0 Å². The minimum Gasteiger partial charge on any atom is -0.450 e. The molecule has 0 aromatic heterocycles. The van der Waals surface area contributed by atoms with Crippen LogP contribution >= 0.6 is 0 Å². The Labute approximate surface area is 127 Å². The number of hydrogen-bond donors (Lipinski definition) is 2. The van der Waals surface area contributed by atoms with Gasteiger partial charge in [-0.15, -0.1) is 0 Å². The fraction of sp³-hybridized carbons (Fsp3) is 0.533. The molecule has 2 rings (SSSR count). The van der Waals surface area contributed by atoms with Crippen LogP contribution in [0.5, 0.6) is 0 Å². The first-order valence-corrected chi connectivity index (χ1v) is 6.83. The SMILES string of the molecule is CC(C)(C)OC(=O)O.Fc1ccc(F)c([C@@H]2C[C@H](F)CN2)c1. The number of carbonyl (C=O) groups is 1. The van der Waals surface area contributed by atoms with Crippen LogP contribution in [-0.2, 0) is 4.74 Å². The van der Waals surface area contributed by atoms with Gasteiger partial charge in [0.15, 0.2) is 0 Å². The lowest BCUT2D eigenvalue weighted by molar-refractivity contribution is 0.0150. The van der Waals surface area contributed by atoms with Crippen LogP contribution in [0.15, 0.2) is 18.2 Å². The number of alkyl halides is 1. The molecule has 1 aliphatic heterocycles. The fourth-order valence-corrected chi connectivity index (χ4v) is 1.97. The topological polar surface area (TPSA) is 58.6 Å². The van der Waals surface area contributed by atoms with Crippen LogP contribution in [0.25, 0.3) is 0 Å². The molecule has 2 atom stereocenters. The van der Waals surface area contributed by atoms with Gasteiger partial charge in [0.1, 0.15) is 23.4 Å². The highest BCUT2D eigenvalue weighted by atomic mass is 19.1. The van der Waals surface area contributed by atoms with Crippen LogP contribution in [0.1, 0.15) is 38.8 Å². The van der Waals surface area contributed by atoms with Crippen LogP contribution in [0.2, 0.25) is 0 Å². The van der Waals surface area contributed by atoms with Gasteiger partial charge in [-0.05, 0) is 45.4 Å². The molecule has 1 aliphatic rings. The summed E-state index contributed by atoms with van der Waals surface area (Å²) >= 11 is 0. The third-order valence-electron chi connectivity index (χ3n) is 2.80. The summed E-state index contributed by atoms with van der Waals surface area (Å²) in [7, 11) is 0. The maximum Gasteiger partial charge on any atom is 0.506 e. The summed E-state index contributed by atoms with van der Waals surface area (Å²) in [5.41, 5.74) is -0.364. The van der Waals surface area contributed by atoms with Gasteiger partial charge in [0.2, 0.25) is 0 Å². The summed E-state index contributed by atoms with van der Waals surface area (Å²) in [5, 5.41) is 10.8. The molecule has 1 aromatic rings. The van der Waals surface area contributed by atoms with Gasteiger partial charge in [0.05, 0.1) is 0 Å². The highest BCUT2D eigenvalue weighted by Crippen LogP contribution is 2.27. The van der Waals surface area contributed by atoms with Crippen molar-refractivity contribution in [3.05, 3.63) is 35.4 Å². The molecule has 0 aliphatic carbocycles. The molecule has 2 N–H and O–H groups in total. The quantitative estimate of drug-likeness (QED) is 0.773. The lowest BCUT2D eigenvalue weighted by Gasteiger charge is -2.15. The molecule has 0 radical (unpaired) electrons. The Morgan fingerprint density at radius 1 is 1.36 bits per heavy atom. The first kappa shape index (κ1) is 18.3. The van der Waals surface area contributed by atoms with Crippen LogP contribution in [0, 0.1) is 11.6 Å². The second-order valence-electron chi connectivity index (χ2n) is 5.94. The van der Waals surface area contributed by atoms with E-state index in [0.717, 1.165) is 18.2 Å². The van der Waals surface area contributed by atoms with Gasteiger partial charge in [-0.25, -0.2) is 18.0 Å². The molecule has 124 valence electrons. The Balaban J connectivity index is 0.000000261. The van der Waals surface area contributed by atoms with Gasteiger partial charge in [-0.1, -0.05) is 0 Å². The average Bonchev–Trinajstić information content (AvgIpc) is 2.76. The van der Waals surface area contributed by atoms with E-state index in [2.05, 4.69) is 10.1 Å². The number of hydrogen-bond acceptors (Lipinski definition) is 3. The van der Waals surface area contributed by atoms with Crippen molar-refractivity contribution in [2.45, 2.75) is 45.0 Å². The molecule has 4 nitrogen and oxygen atoms in total. The number of nitrogens with one attached hydrogen (secondary N) is 1. The molecule has 0 amide bonds. The highest BCUT2D eigenvalue weighted by Gasteiger charge is 2.27. The zero-order valence-corrected chi connectivity index (χ0v) is 12.7. The molecule has 22 heavy (non-hydrogen) atoms.